The second kappa shape index (κ2) is 5.93. The normalized spacial score (nSPS) is 21.6. The Bertz CT molecular complexity index is 921. The zero-order valence-corrected chi connectivity index (χ0v) is 15.2. The van der Waals surface area contributed by atoms with Crippen LogP contribution in [0.4, 0.5) is 5.69 Å². The lowest BCUT2D eigenvalue weighted by Gasteiger charge is -2.08. The summed E-state index contributed by atoms with van der Waals surface area (Å²) in [5.41, 5.74) is 2.20. The lowest BCUT2D eigenvalue weighted by Crippen LogP contribution is -2.17. The zero-order valence-electron chi connectivity index (χ0n) is 14.4. The lowest BCUT2D eigenvalue weighted by atomic mass is 10.0. The highest BCUT2D eigenvalue weighted by molar-refractivity contribution is 7.89. The maximum absolute atomic E-state index is 12.7. The van der Waals surface area contributed by atoms with Gasteiger partial charge in [0.2, 0.25) is 15.9 Å². The number of aromatic nitrogens is 1. The number of nitrogens with one attached hydrogen (secondary N) is 1. The third-order valence-corrected chi connectivity index (χ3v) is 5.87. The minimum Gasteiger partial charge on any atom is -0.324 e. The Hall–Kier alpha value is -2.25. The summed E-state index contributed by atoms with van der Waals surface area (Å²) in [4.78, 5) is 16.9. The van der Waals surface area contributed by atoms with Crippen LogP contribution >= 0.6 is 0 Å². The van der Waals surface area contributed by atoms with E-state index < -0.39 is 10.0 Å². The van der Waals surface area contributed by atoms with E-state index in [2.05, 4.69) is 10.3 Å². The number of rotatable bonds is 4. The molecule has 0 bridgehead atoms. The molecule has 2 atom stereocenters. The van der Waals surface area contributed by atoms with Crippen molar-refractivity contribution in [3.63, 3.8) is 0 Å². The lowest BCUT2D eigenvalue weighted by molar-refractivity contribution is -0.118. The summed E-state index contributed by atoms with van der Waals surface area (Å²) in [5.74, 6) is -0.215. The highest BCUT2D eigenvalue weighted by Crippen LogP contribution is 2.64. The Labute approximate surface area is 147 Å². The summed E-state index contributed by atoms with van der Waals surface area (Å²) >= 11 is 0. The first kappa shape index (κ1) is 17.6. The van der Waals surface area contributed by atoms with Gasteiger partial charge in [0, 0.05) is 12.1 Å². The van der Waals surface area contributed by atoms with E-state index in [-0.39, 0.29) is 28.1 Å². The number of anilines is 1. The maximum Gasteiger partial charge on any atom is 0.238 e. The molecule has 7 heteroatoms. The van der Waals surface area contributed by atoms with Crippen molar-refractivity contribution in [2.75, 3.05) is 5.32 Å². The summed E-state index contributed by atoms with van der Waals surface area (Å²) in [5, 5.41) is 8.08. The van der Waals surface area contributed by atoms with Gasteiger partial charge >= 0.3 is 0 Å². The summed E-state index contributed by atoms with van der Waals surface area (Å²) in [6, 6.07) is 10.0. The van der Waals surface area contributed by atoms with Crippen LogP contribution in [0.2, 0.25) is 0 Å². The summed E-state index contributed by atoms with van der Waals surface area (Å²) in [6.45, 7) is 5.91. The molecular formula is C18H21N3O3S. The van der Waals surface area contributed by atoms with Gasteiger partial charge in [-0.1, -0.05) is 26.0 Å². The van der Waals surface area contributed by atoms with E-state index in [1.165, 1.54) is 12.1 Å². The van der Waals surface area contributed by atoms with Crippen LogP contribution in [0, 0.1) is 18.3 Å². The van der Waals surface area contributed by atoms with Gasteiger partial charge < -0.3 is 5.32 Å². The molecule has 0 radical (unpaired) electrons. The molecule has 6 nitrogen and oxygen atoms in total. The van der Waals surface area contributed by atoms with Crippen LogP contribution in [-0.4, -0.2) is 19.3 Å². The van der Waals surface area contributed by atoms with Crippen LogP contribution in [0.15, 0.2) is 47.5 Å². The Morgan fingerprint density at radius 1 is 1.20 bits per heavy atom. The molecule has 1 saturated carbocycles. The van der Waals surface area contributed by atoms with Gasteiger partial charge in [-0.05, 0) is 42.2 Å². The molecule has 2 aromatic rings. The fourth-order valence-electron chi connectivity index (χ4n) is 3.44. The second-order valence-corrected chi connectivity index (χ2v) is 8.58. The van der Waals surface area contributed by atoms with Gasteiger partial charge in [-0.2, -0.15) is 0 Å². The first-order valence-corrected chi connectivity index (χ1v) is 9.52. The van der Waals surface area contributed by atoms with Crippen LogP contribution in [0.25, 0.3) is 0 Å². The number of amides is 1. The molecular weight excluding hydrogens is 338 g/mol. The maximum atomic E-state index is 12.7. The Kier molecular flexibility index (Phi) is 4.17. The highest BCUT2D eigenvalue weighted by Gasteiger charge is 2.62. The summed E-state index contributed by atoms with van der Waals surface area (Å²) in [7, 11) is -3.72. The van der Waals surface area contributed by atoms with Crippen molar-refractivity contribution >= 4 is 21.6 Å². The van der Waals surface area contributed by atoms with Crippen molar-refractivity contribution in [2.24, 2.45) is 16.5 Å². The SMILES string of the molecule is Cc1ncccc1NC(=O)[C@@H]1[C@@H](c2ccc(S(N)(=O)=O)cc2)C1(C)C. The van der Waals surface area contributed by atoms with E-state index in [9.17, 15) is 13.2 Å². The number of nitrogens with two attached hydrogens (primary N) is 1. The molecule has 25 heavy (non-hydrogen) atoms. The highest BCUT2D eigenvalue weighted by atomic mass is 32.2. The van der Waals surface area contributed by atoms with E-state index in [0.29, 0.717) is 5.69 Å². The van der Waals surface area contributed by atoms with Gasteiger partial charge in [-0.3, -0.25) is 9.78 Å². The van der Waals surface area contributed by atoms with Gasteiger partial charge in [0.25, 0.3) is 0 Å². The van der Waals surface area contributed by atoms with Crippen LogP contribution in [0.5, 0.6) is 0 Å². The summed E-state index contributed by atoms with van der Waals surface area (Å²) < 4.78 is 22.7. The first-order valence-electron chi connectivity index (χ1n) is 7.97. The van der Waals surface area contributed by atoms with E-state index in [4.69, 9.17) is 5.14 Å². The number of nitrogens with zero attached hydrogens (tertiary/aromatic N) is 1. The molecule has 1 aliphatic rings. The predicted octanol–water partition coefficient (Wildman–Crippen LogP) is 2.42. The average Bonchev–Trinajstić information content (AvgIpc) is 3.11. The molecule has 1 aromatic heterocycles. The fourth-order valence-corrected chi connectivity index (χ4v) is 3.96. The molecule has 3 N–H and O–H groups in total. The fraction of sp³-hybridized carbons (Fsp3) is 0.333. The van der Waals surface area contributed by atoms with Crippen LogP contribution < -0.4 is 10.5 Å². The van der Waals surface area contributed by atoms with Crippen LogP contribution in [0.3, 0.4) is 0 Å². The number of pyridine rings is 1. The van der Waals surface area contributed by atoms with E-state index in [1.54, 1.807) is 24.4 Å². The van der Waals surface area contributed by atoms with Crippen LogP contribution in [-0.2, 0) is 14.8 Å². The molecule has 1 fully saturated rings. The third kappa shape index (κ3) is 3.29. The number of carbonyl (C=O) groups is 1. The summed E-state index contributed by atoms with van der Waals surface area (Å²) in [6.07, 6.45) is 1.68. The molecule has 0 aliphatic heterocycles. The van der Waals surface area contributed by atoms with E-state index in [1.807, 2.05) is 26.8 Å². The Balaban J connectivity index is 1.80. The molecule has 1 heterocycles. The number of aryl methyl sites for hydroxylation is 1. The molecule has 1 amide bonds. The number of sulfonamides is 1. The third-order valence-electron chi connectivity index (χ3n) is 4.94. The Morgan fingerprint density at radius 3 is 2.40 bits per heavy atom. The topological polar surface area (TPSA) is 102 Å². The van der Waals surface area contributed by atoms with E-state index in [0.717, 1.165) is 11.3 Å². The molecule has 3 rings (SSSR count). The molecule has 0 spiro atoms. The quantitative estimate of drug-likeness (QED) is 0.875. The van der Waals surface area contributed by atoms with Crippen molar-refractivity contribution in [1.82, 2.24) is 4.98 Å². The number of hydrogen-bond acceptors (Lipinski definition) is 4. The van der Waals surface area contributed by atoms with E-state index >= 15 is 0 Å². The molecule has 1 aliphatic carbocycles. The van der Waals surface area contributed by atoms with Gasteiger partial charge in [0.15, 0.2) is 0 Å². The Morgan fingerprint density at radius 2 is 1.84 bits per heavy atom. The standard InChI is InChI=1S/C18H21N3O3S/c1-11-14(5-4-10-20-11)21-17(22)16-15(18(16,2)3)12-6-8-13(9-7-12)25(19,23)24/h4-10,15-16H,1-3H3,(H,21,22)(H2,19,23,24)/t15-,16+/m1/s1. The monoisotopic (exact) mass is 359 g/mol. The largest absolute Gasteiger partial charge is 0.324 e. The number of benzene rings is 1. The van der Waals surface area contributed by atoms with Gasteiger partial charge in [0.05, 0.1) is 22.2 Å². The van der Waals surface area contributed by atoms with Crippen LogP contribution in [0.1, 0.15) is 31.0 Å². The van der Waals surface area contributed by atoms with Crippen molar-refractivity contribution in [3.05, 3.63) is 53.9 Å². The number of hydrogen-bond donors (Lipinski definition) is 2. The second-order valence-electron chi connectivity index (χ2n) is 7.02. The van der Waals surface area contributed by atoms with Gasteiger partial charge in [-0.15, -0.1) is 0 Å². The molecule has 132 valence electrons. The van der Waals surface area contributed by atoms with Crippen molar-refractivity contribution in [2.45, 2.75) is 31.6 Å². The van der Waals surface area contributed by atoms with Crippen molar-refractivity contribution < 1.29 is 13.2 Å². The number of carbonyl (C=O) groups excluding carboxylic acids is 1. The van der Waals surface area contributed by atoms with Crippen molar-refractivity contribution in [1.29, 1.82) is 0 Å². The zero-order chi connectivity index (χ0) is 18.4. The predicted molar refractivity (Wildman–Crippen MR) is 95.4 cm³/mol. The minimum absolute atomic E-state index is 0.0269. The van der Waals surface area contributed by atoms with Crippen molar-refractivity contribution in [3.8, 4) is 0 Å². The number of primary sulfonamides is 1. The molecule has 0 saturated heterocycles. The smallest absolute Gasteiger partial charge is 0.238 e. The van der Waals surface area contributed by atoms with Gasteiger partial charge in [0.1, 0.15) is 0 Å². The molecule has 1 aromatic carbocycles. The van der Waals surface area contributed by atoms with Gasteiger partial charge in [-0.25, -0.2) is 13.6 Å². The first-order chi connectivity index (χ1) is 11.6. The minimum atomic E-state index is -3.72. The molecule has 0 unspecified atom stereocenters. The average molecular weight is 359 g/mol.